The highest BCUT2D eigenvalue weighted by Crippen LogP contribution is 2.48. The van der Waals surface area contributed by atoms with E-state index in [4.69, 9.17) is 13.9 Å². The number of halogens is 2. The number of carbonyl (C=O) groups is 1. The van der Waals surface area contributed by atoms with Gasteiger partial charge in [-0.25, -0.2) is 13.6 Å². The van der Waals surface area contributed by atoms with Crippen molar-refractivity contribution in [1.82, 2.24) is 4.57 Å². The van der Waals surface area contributed by atoms with E-state index in [-0.39, 0.29) is 39.9 Å². The molecule has 1 unspecified atom stereocenters. The molecule has 4 aromatic rings. The van der Waals surface area contributed by atoms with Gasteiger partial charge < -0.3 is 18.5 Å². The minimum atomic E-state index is -2.02. The molecule has 0 bridgehead atoms. The lowest BCUT2D eigenvalue weighted by Crippen LogP contribution is -2.42. The minimum absolute atomic E-state index is 0.00784. The molecule has 0 saturated heterocycles. The highest BCUT2D eigenvalue weighted by atomic mass is 32.1. The van der Waals surface area contributed by atoms with E-state index in [0.29, 0.717) is 5.75 Å². The van der Waals surface area contributed by atoms with Gasteiger partial charge in [-0.15, -0.1) is 11.3 Å². The first kappa shape index (κ1) is 31.1. The molecule has 0 N–H and O–H groups in total. The van der Waals surface area contributed by atoms with Crippen molar-refractivity contribution >= 4 is 36.5 Å². The van der Waals surface area contributed by atoms with Crippen LogP contribution in [0.4, 0.5) is 8.78 Å². The highest BCUT2D eigenvalue weighted by molar-refractivity contribution is 7.15. The zero-order valence-corrected chi connectivity index (χ0v) is 27.4. The normalized spacial score (nSPS) is 15.4. The summed E-state index contributed by atoms with van der Waals surface area (Å²) in [5, 5.41) is 0.226. The van der Waals surface area contributed by atoms with E-state index in [9.17, 15) is 14.0 Å². The number of nitrogens with zero attached hydrogens (tertiary/aromatic N) is 1. The second kappa shape index (κ2) is 11.6. The fraction of sp³-hybridized carbons (Fsp3) is 0.394. The summed E-state index contributed by atoms with van der Waals surface area (Å²) >= 11 is 1.64. The molecule has 2 aromatic heterocycles. The summed E-state index contributed by atoms with van der Waals surface area (Å²) in [4.78, 5) is 28.5. The van der Waals surface area contributed by atoms with Crippen molar-refractivity contribution in [3.05, 3.63) is 80.5 Å². The van der Waals surface area contributed by atoms with Gasteiger partial charge in [-0.1, -0.05) is 20.8 Å². The number of benzene rings is 2. The number of esters is 1. The maximum atomic E-state index is 15.2. The van der Waals surface area contributed by atoms with Crippen LogP contribution in [0.15, 0.2) is 47.4 Å². The molecule has 0 amide bonds. The number of aryl methyl sites for hydroxylation is 1. The maximum absolute atomic E-state index is 15.2. The van der Waals surface area contributed by atoms with Crippen LogP contribution in [0.1, 0.15) is 67.4 Å². The Hall–Kier alpha value is -3.34. The molecule has 2 heterocycles. The SMILES string of the molecule is CCOC(=O)c1cn(-c2ccc(F)cc2F)c2c(OC)c(-c3cc4c(s3)C(O[Si](C)(C)C(C)(C)C)CCC4)ccc2c1=O. The number of aromatic nitrogens is 1. The Labute approximate surface area is 255 Å². The van der Waals surface area contributed by atoms with Gasteiger partial charge in [0.25, 0.3) is 0 Å². The summed E-state index contributed by atoms with van der Waals surface area (Å²) in [5.41, 5.74) is 1.36. The number of ether oxygens (including phenoxy) is 2. The lowest BCUT2D eigenvalue weighted by Gasteiger charge is -2.40. The van der Waals surface area contributed by atoms with E-state index in [1.165, 1.54) is 34.4 Å². The zero-order valence-electron chi connectivity index (χ0n) is 25.6. The largest absolute Gasteiger partial charge is 0.494 e. The number of thiophene rings is 1. The van der Waals surface area contributed by atoms with Gasteiger partial charge in [0.2, 0.25) is 5.43 Å². The van der Waals surface area contributed by atoms with Gasteiger partial charge in [-0.05, 0) is 80.2 Å². The average molecular weight is 626 g/mol. The first-order valence-electron chi connectivity index (χ1n) is 14.5. The van der Waals surface area contributed by atoms with Crippen molar-refractivity contribution in [2.45, 2.75) is 71.2 Å². The molecule has 0 saturated carbocycles. The van der Waals surface area contributed by atoms with Crippen molar-refractivity contribution < 1.29 is 27.5 Å². The van der Waals surface area contributed by atoms with Gasteiger partial charge in [-0.3, -0.25) is 4.79 Å². The summed E-state index contributed by atoms with van der Waals surface area (Å²) < 4.78 is 48.4. The Morgan fingerprint density at radius 3 is 2.53 bits per heavy atom. The third-order valence-electron chi connectivity index (χ3n) is 8.54. The van der Waals surface area contributed by atoms with Crippen LogP contribution in [0.5, 0.6) is 5.75 Å². The average Bonchev–Trinajstić information content (AvgIpc) is 3.38. The van der Waals surface area contributed by atoms with Crippen LogP contribution in [-0.2, 0) is 15.6 Å². The van der Waals surface area contributed by atoms with E-state index >= 15 is 4.39 Å². The van der Waals surface area contributed by atoms with Gasteiger partial charge in [0, 0.05) is 27.6 Å². The number of fused-ring (bicyclic) bond motifs is 2. The summed E-state index contributed by atoms with van der Waals surface area (Å²) in [7, 11) is -0.532. The van der Waals surface area contributed by atoms with Crippen molar-refractivity contribution in [2.75, 3.05) is 13.7 Å². The van der Waals surface area contributed by atoms with Crippen molar-refractivity contribution in [3.8, 4) is 21.9 Å². The molecule has 1 aliphatic carbocycles. The van der Waals surface area contributed by atoms with Crippen LogP contribution < -0.4 is 10.2 Å². The van der Waals surface area contributed by atoms with E-state index in [0.717, 1.165) is 41.8 Å². The number of pyridine rings is 1. The summed E-state index contributed by atoms with van der Waals surface area (Å²) in [6, 6.07) is 8.72. The Morgan fingerprint density at radius 1 is 1.14 bits per heavy atom. The number of hydrogen-bond acceptors (Lipinski definition) is 6. The summed E-state index contributed by atoms with van der Waals surface area (Å²) in [6.07, 6.45) is 4.17. The predicted molar refractivity (Wildman–Crippen MR) is 169 cm³/mol. The molecular formula is C33H37F2NO5SSi. The number of methoxy groups -OCH3 is 1. The Kier molecular flexibility index (Phi) is 8.41. The van der Waals surface area contributed by atoms with Gasteiger partial charge in [0.05, 0.1) is 30.9 Å². The molecule has 1 aliphatic rings. The van der Waals surface area contributed by atoms with Crippen molar-refractivity contribution in [2.24, 2.45) is 0 Å². The molecular weight excluding hydrogens is 589 g/mol. The highest BCUT2D eigenvalue weighted by Gasteiger charge is 2.40. The smallest absolute Gasteiger partial charge is 0.343 e. The van der Waals surface area contributed by atoms with Crippen LogP contribution in [-0.4, -0.2) is 32.6 Å². The molecule has 0 fully saturated rings. The van der Waals surface area contributed by atoms with E-state index in [2.05, 4.69) is 39.9 Å². The molecule has 6 nitrogen and oxygen atoms in total. The predicted octanol–water partition coefficient (Wildman–Crippen LogP) is 8.58. The topological polar surface area (TPSA) is 66.8 Å². The molecule has 1 atom stereocenters. The summed E-state index contributed by atoms with van der Waals surface area (Å²) in [5.74, 6) is -2.09. The fourth-order valence-electron chi connectivity index (χ4n) is 5.31. The lowest BCUT2D eigenvalue weighted by molar-refractivity contribution is 0.0524. The van der Waals surface area contributed by atoms with Gasteiger partial charge in [-0.2, -0.15) is 0 Å². The Morgan fingerprint density at radius 2 is 1.88 bits per heavy atom. The van der Waals surface area contributed by atoms with Crippen LogP contribution in [0.25, 0.3) is 27.0 Å². The van der Waals surface area contributed by atoms with Gasteiger partial charge in [0.15, 0.2) is 14.1 Å². The zero-order chi connectivity index (χ0) is 31.3. The first-order valence-corrected chi connectivity index (χ1v) is 18.2. The second-order valence-electron chi connectivity index (χ2n) is 12.4. The van der Waals surface area contributed by atoms with Crippen LogP contribution in [0.2, 0.25) is 18.1 Å². The molecule has 5 rings (SSSR count). The van der Waals surface area contributed by atoms with Crippen LogP contribution >= 0.6 is 11.3 Å². The molecule has 0 radical (unpaired) electrons. The van der Waals surface area contributed by atoms with E-state index < -0.39 is 31.3 Å². The van der Waals surface area contributed by atoms with Crippen molar-refractivity contribution in [3.63, 3.8) is 0 Å². The van der Waals surface area contributed by atoms with E-state index in [1.54, 1.807) is 30.4 Å². The Bertz CT molecular complexity index is 1770. The first-order chi connectivity index (χ1) is 20.3. The molecule has 10 heteroatoms. The van der Waals surface area contributed by atoms with Crippen LogP contribution in [0, 0.1) is 11.6 Å². The number of hydrogen-bond donors (Lipinski definition) is 0. The molecule has 228 valence electrons. The Balaban J connectivity index is 1.73. The third-order valence-corrected chi connectivity index (χ3v) is 14.3. The second-order valence-corrected chi connectivity index (χ2v) is 18.2. The third kappa shape index (κ3) is 5.68. The molecule has 0 spiro atoms. The maximum Gasteiger partial charge on any atom is 0.343 e. The van der Waals surface area contributed by atoms with Crippen molar-refractivity contribution in [1.29, 1.82) is 0 Å². The fourth-order valence-corrected chi connectivity index (χ4v) is 7.99. The van der Waals surface area contributed by atoms with Crippen LogP contribution in [0.3, 0.4) is 0 Å². The standard InChI is InChI=1S/C33H37F2NO5SSi/c1-8-40-32(38)23-18-36(25-15-12-20(34)17-24(25)35)28-22(29(23)37)14-13-21(30(28)39-5)27-16-19-10-9-11-26(31(19)42-27)41-43(6,7)33(2,3)4/h12-18,26H,8-11H2,1-7H3. The molecule has 0 aliphatic heterocycles. The number of rotatable bonds is 7. The molecule has 2 aromatic carbocycles. The summed E-state index contributed by atoms with van der Waals surface area (Å²) in [6.45, 7) is 12.9. The van der Waals surface area contributed by atoms with Gasteiger partial charge >= 0.3 is 5.97 Å². The van der Waals surface area contributed by atoms with E-state index in [1.807, 2.05) is 0 Å². The monoisotopic (exact) mass is 625 g/mol. The minimum Gasteiger partial charge on any atom is -0.494 e. The number of carbonyl (C=O) groups excluding carboxylic acids is 1. The lowest BCUT2D eigenvalue weighted by atomic mass is 9.96. The molecule has 43 heavy (non-hydrogen) atoms. The quantitative estimate of drug-likeness (QED) is 0.152. The van der Waals surface area contributed by atoms with Gasteiger partial charge in [0.1, 0.15) is 22.7 Å².